The molecule has 0 heterocycles. The highest BCUT2D eigenvalue weighted by Gasteiger charge is 2.08. The topological polar surface area (TPSA) is 27.7 Å². The van der Waals surface area contributed by atoms with Gasteiger partial charge in [-0.15, -0.1) is 0 Å². The Bertz CT molecular complexity index is 74.1. The maximum Gasteiger partial charge on any atom is 0.332 e. The van der Waals surface area contributed by atoms with Crippen molar-refractivity contribution in [2.24, 2.45) is 0 Å². The molecule has 0 amide bonds. The lowest BCUT2D eigenvalue weighted by molar-refractivity contribution is 0.170. The maximum atomic E-state index is 5.29. The van der Waals surface area contributed by atoms with Crippen LogP contribution in [0, 0.1) is 0 Å². The Morgan fingerprint density at radius 2 is 1.45 bits per heavy atom. The van der Waals surface area contributed by atoms with E-state index in [0.717, 1.165) is 6.42 Å². The van der Waals surface area contributed by atoms with Crippen LogP contribution in [-0.4, -0.2) is 19.8 Å². The van der Waals surface area contributed by atoms with Crippen molar-refractivity contribution in [3.63, 3.8) is 0 Å². The van der Waals surface area contributed by atoms with E-state index in [-0.39, 0.29) is 0 Å². The summed E-state index contributed by atoms with van der Waals surface area (Å²) >= 11 is 0. The summed E-state index contributed by atoms with van der Waals surface area (Å²) < 4.78 is 15.7. The zero-order valence-corrected chi connectivity index (χ0v) is 8.39. The second kappa shape index (κ2) is 8.41. The van der Waals surface area contributed by atoms with E-state index in [1.165, 1.54) is 0 Å². The average molecular weight is 180 g/mol. The molecular formula is C7H17O3P. The molecule has 0 fully saturated rings. The Hall–Kier alpha value is 0.310. The summed E-state index contributed by atoms with van der Waals surface area (Å²) in [5, 5.41) is 0. The third kappa shape index (κ3) is 6.70. The van der Waals surface area contributed by atoms with Gasteiger partial charge in [0.15, 0.2) is 0 Å². The van der Waals surface area contributed by atoms with E-state index in [9.17, 15) is 0 Å². The van der Waals surface area contributed by atoms with Crippen molar-refractivity contribution >= 4 is 8.60 Å². The molecule has 3 nitrogen and oxygen atoms in total. The molecule has 0 N–H and O–H groups in total. The zero-order valence-electron chi connectivity index (χ0n) is 7.50. The van der Waals surface area contributed by atoms with E-state index in [1.54, 1.807) is 0 Å². The normalized spacial score (nSPS) is 10.9. The first-order valence-corrected chi connectivity index (χ1v) is 5.13. The molecule has 0 aliphatic heterocycles. The predicted molar refractivity (Wildman–Crippen MR) is 46.4 cm³/mol. The molecule has 0 saturated carbocycles. The van der Waals surface area contributed by atoms with Crippen LogP contribution in [0.25, 0.3) is 0 Å². The summed E-state index contributed by atoms with van der Waals surface area (Å²) in [5.74, 6) is 0. The molecule has 0 unspecified atom stereocenters. The van der Waals surface area contributed by atoms with Gasteiger partial charge in [0.05, 0.1) is 19.8 Å². The first-order chi connectivity index (χ1) is 5.35. The Kier molecular flexibility index (Phi) is 8.64. The molecule has 11 heavy (non-hydrogen) atoms. The van der Waals surface area contributed by atoms with Gasteiger partial charge in [-0.05, 0) is 20.3 Å². The first kappa shape index (κ1) is 11.3. The minimum absolute atomic E-state index is 0.648. The van der Waals surface area contributed by atoms with Crippen LogP contribution >= 0.6 is 8.60 Å². The lowest BCUT2D eigenvalue weighted by atomic mass is 10.5. The van der Waals surface area contributed by atoms with Gasteiger partial charge in [-0.25, -0.2) is 0 Å². The first-order valence-electron chi connectivity index (χ1n) is 4.04. The number of rotatable bonds is 7. The van der Waals surface area contributed by atoms with Crippen molar-refractivity contribution in [1.29, 1.82) is 0 Å². The minimum Gasteiger partial charge on any atom is -0.313 e. The van der Waals surface area contributed by atoms with Gasteiger partial charge < -0.3 is 13.6 Å². The van der Waals surface area contributed by atoms with E-state index >= 15 is 0 Å². The summed E-state index contributed by atoms with van der Waals surface area (Å²) in [6, 6.07) is 0. The van der Waals surface area contributed by atoms with Crippen LogP contribution in [0.3, 0.4) is 0 Å². The maximum absolute atomic E-state index is 5.29. The molecule has 0 aliphatic rings. The molecule has 0 radical (unpaired) electrons. The third-order valence-corrected chi connectivity index (χ3v) is 2.20. The molecule has 0 atom stereocenters. The molecule has 0 aromatic carbocycles. The van der Waals surface area contributed by atoms with Gasteiger partial charge in [0.2, 0.25) is 0 Å². The van der Waals surface area contributed by atoms with Gasteiger partial charge in [0, 0.05) is 0 Å². The second-order valence-electron chi connectivity index (χ2n) is 1.89. The van der Waals surface area contributed by atoms with Crippen molar-refractivity contribution in [3.8, 4) is 0 Å². The monoisotopic (exact) mass is 180 g/mol. The Labute approximate surface area is 70.0 Å². The predicted octanol–water partition coefficient (Wildman–Crippen LogP) is 2.71. The molecular weight excluding hydrogens is 163 g/mol. The van der Waals surface area contributed by atoms with Crippen LogP contribution in [-0.2, 0) is 13.6 Å². The summed E-state index contributed by atoms with van der Waals surface area (Å²) in [6.07, 6.45) is 0.999. The molecule has 0 aromatic heterocycles. The van der Waals surface area contributed by atoms with E-state index in [0.29, 0.717) is 19.8 Å². The standard InChI is InChI=1S/C7H17O3P/c1-4-7-10-11(8-5-2)9-6-3/h4-7H2,1-3H3. The van der Waals surface area contributed by atoms with Gasteiger partial charge in [0.1, 0.15) is 0 Å². The van der Waals surface area contributed by atoms with Crippen molar-refractivity contribution in [3.05, 3.63) is 0 Å². The summed E-state index contributed by atoms with van der Waals surface area (Å²) in [7, 11) is -1.07. The molecule has 0 spiro atoms. The Balaban J connectivity index is 3.34. The minimum atomic E-state index is -1.07. The van der Waals surface area contributed by atoms with Crippen LogP contribution in [0.2, 0.25) is 0 Å². The highest BCUT2D eigenvalue weighted by Crippen LogP contribution is 2.39. The fourth-order valence-electron chi connectivity index (χ4n) is 0.488. The molecule has 4 heteroatoms. The summed E-state index contributed by atoms with van der Waals surface area (Å²) in [4.78, 5) is 0. The second-order valence-corrected chi connectivity index (χ2v) is 3.11. The number of hydrogen-bond donors (Lipinski definition) is 0. The third-order valence-electron chi connectivity index (χ3n) is 0.870. The molecule has 0 aliphatic carbocycles. The van der Waals surface area contributed by atoms with E-state index in [1.807, 2.05) is 13.8 Å². The highest BCUT2D eigenvalue weighted by molar-refractivity contribution is 7.41. The summed E-state index contributed by atoms with van der Waals surface area (Å²) in [5.41, 5.74) is 0. The lowest BCUT2D eigenvalue weighted by Crippen LogP contribution is -1.95. The number of hydrogen-bond acceptors (Lipinski definition) is 3. The molecule has 0 aromatic rings. The van der Waals surface area contributed by atoms with Crippen LogP contribution in [0.15, 0.2) is 0 Å². The SMILES string of the molecule is CCCOP(OCC)OCC. The average Bonchev–Trinajstić information content (AvgIpc) is 2.01. The van der Waals surface area contributed by atoms with Gasteiger partial charge in [-0.1, -0.05) is 6.92 Å². The van der Waals surface area contributed by atoms with Gasteiger partial charge in [0.25, 0.3) is 0 Å². The van der Waals surface area contributed by atoms with Crippen molar-refractivity contribution in [2.45, 2.75) is 27.2 Å². The summed E-state index contributed by atoms with van der Waals surface area (Å²) in [6.45, 7) is 7.94. The Morgan fingerprint density at radius 3 is 1.82 bits per heavy atom. The fourth-order valence-corrected chi connectivity index (χ4v) is 1.47. The lowest BCUT2D eigenvalue weighted by Gasteiger charge is -2.13. The molecule has 0 bridgehead atoms. The van der Waals surface area contributed by atoms with Crippen LogP contribution in [0.4, 0.5) is 0 Å². The van der Waals surface area contributed by atoms with Crippen LogP contribution in [0.1, 0.15) is 27.2 Å². The highest BCUT2D eigenvalue weighted by atomic mass is 31.2. The largest absolute Gasteiger partial charge is 0.332 e. The van der Waals surface area contributed by atoms with Crippen molar-refractivity contribution in [2.75, 3.05) is 19.8 Å². The van der Waals surface area contributed by atoms with Gasteiger partial charge >= 0.3 is 8.60 Å². The van der Waals surface area contributed by atoms with Gasteiger partial charge in [-0.2, -0.15) is 0 Å². The van der Waals surface area contributed by atoms with Crippen molar-refractivity contribution < 1.29 is 13.6 Å². The van der Waals surface area contributed by atoms with E-state index < -0.39 is 8.60 Å². The fraction of sp³-hybridized carbons (Fsp3) is 1.00. The van der Waals surface area contributed by atoms with E-state index in [4.69, 9.17) is 13.6 Å². The van der Waals surface area contributed by atoms with E-state index in [2.05, 4.69) is 6.92 Å². The van der Waals surface area contributed by atoms with Gasteiger partial charge in [-0.3, -0.25) is 0 Å². The molecule has 0 saturated heterocycles. The van der Waals surface area contributed by atoms with Crippen LogP contribution < -0.4 is 0 Å². The molecule has 68 valence electrons. The Morgan fingerprint density at radius 1 is 0.909 bits per heavy atom. The zero-order chi connectivity index (χ0) is 8.53. The molecule has 0 rings (SSSR count). The van der Waals surface area contributed by atoms with Crippen molar-refractivity contribution in [1.82, 2.24) is 0 Å². The quantitative estimate of drug-likeness (QED) is 0.564. The smallest absolute Gasteiger partial charge is 0.313 e. The van der Waals surface area contributed by atoms with Crippen LogP contribution in [0.5, 0.6) is 0 Å².